The number of fused-ring (bicyclic) bond motifs is 2. The molecule has 1 saturated heterocycles. The van der Waals surface area contributed by atoms with Gasteiger partial charge >= 0.3 is 10.8 Å². The molecule has 10 nitrogen and oxygen atoms in total. The van der Waals surface area contributed by atoms with Crippen molar-refractivity contribution in [1.29, 1.82) is 0 Å². The molecule has 2 aromatic carbocycles. The van der Waals surface area contributed by atoms with E-state index in [9.17, 15) is 24.0 Å². The van der Waals surface area contributed by atoms with Crippen molar-refractivity contribution >= 4 is 58.2 Å². The van der Waals surface area contributed by atoms with Crippen molar-refractivity contribution in [2.75, 3.05) is 16.8 Å². The molecule has 2 aliphatic rings. The Hall–Kier alpha value is -4.55. The second-order valence-corrected chi connectivity index (χ2v) is 12.3. The summed E-state index contributed by atoms with van der Waals surface area (Å²) in [5, 5.41) is 2.46. The molecule has 2 aromatic heterocycles. The molecule has 0 saturated carbocycles. The third kappa shape index (κ3) is 5.28. The number of imide groups is 1. The number of nitrogens with one attached hydrogen (secondary N) is 1. The van der Waals surface area contributed by atoms with E-state index in [0.717, 1.165) is 28.7 Å². The number of thiazole rings is 1. The molecular weight excluding hydrogens is 588 g/mol. The van der Waals surface area contributed by atoms with Gasteiger partial charge in [-0.3, -0.25) is 28.7 Å². The van der Waals surface area contributed by atoms with Crippen LogP contribution >= 0.6 is 23.1 Å². The largest absolute Gasteiger partial charge is 0.462 e. The maximum absolute atomic E-state index is 13.9. The molecule has 1 fully saturated rings. The van der Waals surface area contributed by atoms with Crippen LogP contribution in [0.2, 0.25) is 0 Å². The highest BCUT2D eigenvalue weighted by Gasteiger charge is 2.56. The van der Waals surface area contributed by atoms with E-state index in [1.165, 1.54) is 9.47 Å². The maximum Gasteiger partial charge on any atom is 0.338 e. The van der Waals surface area contributed by atoms with Crippen molar-refractivity contribution in [3.8, 4) is 0 Å². The lowest BCUT2D eigenvalue weighted by molar-refractivity contribution is -0.122. The molecule has 1 N–H and O–H groups in total. The first-order valence-electron chi connectivity index (χ1n) is 13.6. The summed E-state index contributed by atoms with van der Waals surface area (Å²) in [4.78, 5) is 71.7. The monoisotopic (exact) mass is 614 g/mol. The van der Waals surface area contributed by atoms with Crippen molar-refractivity contribution in [3.63, 3.8) is 0 Å². The number of anilines is 2. The summed E-state index contributed by atoms with van der Waals surface area (Å²) in [6.07, 6.45) is 3.27. The number of benzene rings is 2. The van der Waals surface area contributed by atoms with Crippen LogP contribution in [0.4, 0.5) is 11.4 Å². The summed E-state index contributed by atoms with van der Waals surface area (Å²) in [5.41, 5.74) is 3.01. The van der Waals surface area contributed by atoms with Crippen LogP contribution in [0.5, 0.6) is 0 Å². The van der Waals surface area contributed by atoms with Gasteiger partial charge in [-0.15, -0.1) is 0 Å². The molecule has 0 bridgehead atoms. The van der Waals surface area contributed by atoms with Crippen molar-refractivity contribution in [2.45, 2.75) is 36.6 Å². The Morgan fingerprint density at radius 2 is 1.74 bits per heavy atom. The third-order valence-corrected chi connectivity index (χ3v) is 9.97. The molecule has 3 amide bonds. The number of carbonyl (C=O) groups is 4. The maximum atomic E-state index is 13.9. The number of rotatable bonds is 7. The smallest absolute Gasteiger partial charge is 0.338 e. The van der Waals surface area contributed by atoms with Gasteiger partial charge in [-0.25, -0.2) is 9.69 Å². The number of carbonyl (C=O) groups excluding carboxylic acids is 4. The standard InChI is InChI=1S/C31H26N4O6S2/c1-3-41-30(39)18-8-10-20(11-9-18)33-22(36)16-34-29-26(43-31(34)40)23(19-5-4-14-32-15-19)24-25(42-29)28(38)35(27(24)37)21-12-6-17(2)7-13-21/h4-15,23-25H,3,16H2,1-2H3,(H,33,36)/t23-,24-,25+/m0/s1. The van der Waals surface area contributed by atoms with Crippen LogP contribution in [0.25, 0.3) is 0 Å². The molecule has 0 spiro atoms. The SMILES string of the molecule is CCOC(=O)c1ccc(NC(=O)Cn2c3c(sc2=O)[C@@H](c2cccnc2)[C@@H]2C(=O)N(c4ccc(C)cc4)C(=O)[C@@H]2S3)cc1. The van der Waals surface area contributed by atoms with Gasteiger partial charge in [0.2, 0.25) is 17.7 Å². The summed E-state index contributed by atoms with van der Waals surface area (Å²) >= 11 is 2.13. The predicted molar refractivity (Wildman–Crippen MR) is 162 cm³/mol. The summed E-state index contributed by atoms with van der Waals surface area (Å²) < 4.78 is 6.35. The number of thioether (sulfide) groups is 1. The Kier molecular flexibility index (Phi) is 7.72. The highest BCUT2D eigenvalue weighted by atomic mass is 32.2. The van der Waals surface area contributed by atoms with E-state index in [1.807, 2.05) is 25.1 Å². The van der Waals surface area contributed by atoms with Crippen molar-refractivity contribution in [3.05, 3.63) is 104 Å². The minimum absolute atomic E-state index is 0.252. The summed E-state index contributed by atoms with van der Waals surface area (Å²) in [7, 11) is 0. The number of aryl methyl sites for hydroxylation is 1. The molecule has 43 heavy (non-hydrogen) atoms. The lowest BCUT2D eigenvalue weighted by Gasteiger charge is -2.30. The van der Waals surface area contributed by atoms with E-state index < -0.39 is 29.0 Å². The summed E-state index contributed by atoms with van der Waals surface area (Å²) in [6.45, 7) is 3.60. The second-order valence-electron chi connectivity index (χ2n) is 10.1. The fourth-order valence-corrected chi connectivity index (χ4v) is 8.14. The van der Waals surface area contributed by atoms with E-state index in [4.69, 9.17) is 4.74 Å². The zero-order chi connectivity index (χ0) is 30.2. The van der Waals surface area contributed by atoms with E-state index in [0.29, 0.717) is 32.4 Å². The number of amides is 3. The average molecular weight is 615 g/mol. The van der Waals surface area contributed by atoms with Gasteiger partial charge in [0, 0.05) is 28.9 Å². The molecule has 6 rings (SSSR count). The number of esters is 1. The molecule has 4 heterocycles. The number of hydrogen-bond donors (Lipinski definition) is 1. The molecule has 0 radical (unpaired) electrons. The molecule has 12 heteroatoms. The summed E-state index contributed by atoms with van der Waals surface area (Å²) in [6, 6.07) is 17.0. The van der Waals surface area contributed by atoms with Crippen LogP contribution in [-0.2, 0) is 25.7 Å². The topological polar surface area (TPSA) is 128 Å². The van der Waals surface area contributed by atoms with Crippen LogP contribution in [-0.4, -0.2) is 45.1 Å². The van der Waals surface area contributed by atoms with Crippen molar-refractivity contribution in [2.24, 2.45) is 5.92 Å². The van der Waals surface area contributed by atoms with Crippen molar-refractivity contribution < 1.29 is 23.9 Å². The minimum Gasteiger partial charge on any atom is -0.462 e. The fourth-order valence-electron chi connectivity index (χ4n) is 5.37. The molecule has 2 aliphatic heterocycles. The van der Waals surface area contributed by atoms with E-state index in [-0.39, 0.29) is 29.8 Å². The number of nitrogens with zero attached hydrogens (tertiary/aromatic N) is 3. The van der Waals surface area contributed by atoms with Gasteiger partial charge < -0.3 is 10.1 Å². The Morgan fingerprint density at radius 1 is 1.00 bits per heavy atom. The minimum atomic E-state index is -0.787. The van der Waals surface area contributed by atoms with Gasteiger partial charge in [-0.2, -0.15) is 0 Å². The first-order chi connectivity index (χ1) is 20.8. The van der Waals surface area contributed by atoms with Crippen LogP contribution in [0, 0.1) is 12.8 Å². The average Bonchev–Trinajstić information content (AvgIpc) is 3.44. The van der Waals surface area contributed by atoms with Crippen molar-refractivity contribution in [1.82, 2.24) is 9.55 Å². The number of aromatic nitrogens is 2. The number of ether oxygens (including phenoxy) is 1. The molecule has 218 valence electrons. The van der Waals surface area contributed by atoms with Gasteiger partial charge in [0.15, 0.2) is 0 Å². The molecule has 3 atom stereocenters. The van der Waals surface area contributed by atoms with Gasteiger partial charge in [0.25, 0.3) is 0 Å². The molecular formula is C31H26N4O6S2. The zero-order valence-corrected chi connectivity index (χ0v) is 24.8. The van der Waals surface area contributed by atoms with E-state index in [2.05, 4.69) is 10.3 Å². The van der Waals surface area contributed by atoms with Crippen LogP contribution in [0.3, 0.4) is 0 Å². The lowest BCUT2D eigenvalue weighted by atomic mass is 9.84. The second kappa shape index (κ2) is 11.6. The zero-order valence-electron chi connectivity index (χ0n) is 23.2. The Bertz CT molecular complexity index is 1780. The van der Waals surface area contributed by atoms with Gasteiger partial charge in [-0.1, -0.05) is 46.9 Å². The molecule has 0 aliphatic carbocycles. The first-order valence-corrected chi connectivity index (χ1v) is 15.3. The predicted octanol–water partition coefficient (Wildman–Crippen LogP) is 4.22. The first kappa shape index (κ1) is 28.6. The fraction of sp³-hybridized carbons (Fsp3) is 0.226. The highest BCUT2D eigenvalue weighted by Crippen LogP contribution is 2.53. The Labute approximate surface area is 254 Å². The van der Waals surface area contributed by atoms with Gasteiger partial charge in [-0.05, 0) is 61.9 Å². The van der Waals surface area contributed by atoms with Crippen LogP contribution in [0.1, 0.15) is 39.2 Å². The van der Waals surface area contributed by atoms with Gasteiger partial charge in [0.1, 0.15) is 11.8 Å². The Morgan fingerprint density at radius 3 is 2.42 bits per heavy atom. The normalized spacial score (nSPS) is 19.1. The number of pyridine rings is 1. The lowest BCUT2D eigenvalue weighted by Crippen LogP contribution is -2.33. The third-order valence-electron chi connectivity index (χ3n) is 7.37. The summed E-state index contributed by atoms with van der Waals surface area (Å²) in [5.74, 6) is -2.94. The van der Waals surface area contributed by atoms with Crippen LogP contribution in [0.15, 0.2) is 82.9 Å². The van der Waals surface area contributed by atoms with Gasteiger partial charge in [0.05, 0.1) is 28.8 Å². The Balaban J connectivity index is 1.32. The quantitative estimate of drug-likeness (QED) is 0.242. The molecule has 4 aromatic rings. The number of hydrogen-bond acceptors (Lipinski definition) is 9. The van der Waals surface area contributed by atoms with E-state index >= 15 is 0 Å². The van der Waals surface area contributed by atoms with Crippen LogP contribution < -0.4 is 15.1 Å². The van der Waals surface area contributed by atoms with E-state index in [1.54, 1.807) is 61.8 Å². The highest BCUT2D eigenvalue weighted by molar-refractivity contribution is 8.00. The molecule has 0 unspecified atom stereocenters.